The number of nitrogens with zero attached hydrogens (tertiary/aromatic N) is 3. The fourth-order valence-electron chi connectivity index (χ4n) is 3.86. The molecule has 0 radical (unpaired) electrons. The van der Waals surface area contributed by atoms with Crippen LogP contribution in [0, 0.1) is 12.7 Å². The van der Waals surface area contributed by atoms with E-state index in [0.717, 1.165) is 30.1 Å². The molecule has 1 saturated heterocycles. The number of aryl methyl sites for hydroxylation is 1. The number of carbonyl (C=O) groups is 2. The summed E-state index contributed by atoms with van der Waals surface area (Å²) in [5.74, 6) is -0.473. The van der Waals surface area contributed by atoms with Crippen molar-refractivity contribution in [3.8, 4) is 0 Å². The summed E-state index contributed by atoms with van der Waals surface area (Å²) in [5, 5.41) is 0. The molecule has 0 aliphatic carbocycles. The van der Waals surface area contributed by atoms with Crippen LogP contribution >= 0.6 is 11.3 Å². The number of hydrogen-bond acceptors (Lipinski definition) is 4. The molecule has 3 rings (SSSR count). The summed E-state index contributed by atoms with van der Waals surface area (Å²) in [5.41, 5.74) is 0.866. The van der Waals surface area contributed by atoms with Crippen molar-refractivity contribution in [3.05, 3.63) is 57.5 Å². The van der Waals surface area contributed by atoms with Gasteiger partial charge in [0.2, 0.25) is 11.8 Å². The molecule has 0 bridgehead atoms. The number of carbonyl (C=O) groups excluding carboxylic acids is 2. The van der Waals surface area contributed by atoms with Gasteiger partial charge in [0, 0.05) is 36.3 Å². The lowest BCUT2D eigenvalue weighted by Gasteiger charge is -2.31. The Bertz CT molecular complexity index is 862. The number of hydrogen-bond donors (Lipinski definition) is 0. The number of benzene rings is 1. The number of amides is 2. The lowest BCUT2D eigenvalue weighted by atomic mass is 10.1. The van der Waals surface area contributed by atoms with Crippen LogP contribution < -0.4 is 0 Å². The van der Waals surface area contributed by atoms with E-state index in [9.17, 15) is 14.0 Å². The SMILES string of the molecule is CC(=O)N(CCN1CCCCC1)CC(=O)N(Cc1ccc(F)cc1)Cc1ccc(C)s1. The lowest BCUT2D eigenvalue weighted by Crippen LogP contribution is -2.45. The van der Waals surface area contributed by atoms with Crippen LogP contribution in [0.1, 0.15) is 41.5 Å². The van der Waals surface area contributed by atoms with Crippen molar-refractivity contribution in [1.29, 1.82) is 0 Å². The maximum Gasteiger partial charge on any atom is 0.242 e. The van der Waals surface area contributed by atoms with E-state index in [2.05, 4.69) is 4.90 Å². The molecule has 5 nitrogen and oxygen atoms in total. The van der Waals surface area contributed by atoms with Crippen molar-refractivity contribution >= 4 is 23.2 Å². The first-order valence-corrected chi connectivity index (χ1v) is 11.8. The zero-order valence-electron chi connectivity index (χ0n) is 18.5. The van der Waals surface area contributed by atoms with Gasteiger partial charge in [0.1, 0.15) is 5.82 Å². The molecule has 1 aliphatic heterocycles. The van der Waals surface area contributed by atoms with Crippen LogP contribution in [0.5, 0.6) is 0 Å². The number of halogens is 1. The normalized spacial score (nSPS) is 14.4. The van der Waals surface area contributed by atoms with Gasteiger partial charge in [-0.25, -0.2) is 4.39 Å². The lowest BCUT2D eigenvalue weighted by molar-refractivity contribution is -0.140. The Morgan fingerprint density at radius 1 is 1.00 bits per heavy atom. The minimum atomic E-state index is -0.295. The van der Waals surface area contributed by atoms with Gasteiger partial charge in [0.05, 0.1) is 13.1 Å². The highest BCUT2D eigenvalue weighted by atomic mass is 32.1. The summed E-state index contributed by atoms with van der Waals surface area (Å²) in [4.78, 5) is 33.5. The highest BCUT2D eigenvalue weighted by Gasteiger charge is 2.21. The molecule has 0 spiro atoms. The Morgan fingerprint density at radius 3 is 2.32 bits per heavy atom. The number of likely N-dealkylation sites (tertiary alicyclic amines) is 1. The predicted octanol–water partition coefficient (Wildman–Crippen LogP) is 4.06. The van der Waals surface area contributed by atoms with E-state index in [1.54, 1.807) is 33.3 Å². The molecule has 2 aromatic rings. The van der Waals surface area contributed by atoms with Gasteiger partial charge < -0.3 is 14.7 Å². The van der Waals surface area contributed by atoms with Gasteiger partial charge in [-0.3, -0.25) is 9.59 Å². The second-order valence-electron chi connectivity index (χ2n) is 8.23. The zero-order chi connectivity index (χ0) is 22.2. The molecule has 2 heterocycles. The monoisotopic (exact) mass is 445 g/mol. The van der Waals surface area contributed by atoms with E-state index in [0.29, 0.717) is 19.6 Å². The van der Waals surface area contributed by atoms with Crippen LogP contribution in [0.4, 0.5) is 4.39 Å². The fraction of sp³-hybridized carbons (Fsp3) is 0.500. The molecule has 1 aromatic carbocycles. The Morgan fingerprint density at radius 2 is 1.71 bits per heavy atom. The number of thiophene rings is 1. The second kappa shape index (κ2) is 11.4. The molecule has 0 atom stereocenters. The molecular weight excluding hydrogens is 413 g/mol. The van der Waals surface area contributed by atoms with Crippen LogP contribution in [-0.2, 0) is 22.7 Å². The number of rotatable bonds is 9. The molecule has 0 saturated carbocycles. The van der Waals surface area contributed by atoms with E-state index < -0.39 is 0 Å². The summed E-state index contributed by atoms with van der Waals surface area (Å²) < 4.78 is 13.3. The van der Waals surface area contributed by atoms with Crippen LogP contribution in [0.15, 0.2) is 36.4 Å². The van der Waals surface area contributed by atoms with E-state index in [1.165, 1.54) is 43.2 Å². The first-order chi connectivity index (χ1) is 14.9. The van der Waals surface area contributed by atoms with Crippen molar-refractivity contribution < 1.29 is 14.0 Å². The van der Waals surface area contributed by atoms with Crippen molar-refractivity contribution in [2.24, 2.45) is 0 Å². The molecule has 2 amide bonds. The van der Waals surface area contributed by atoms with Crippen LogP contribution in [-0.4, -0.2) is 59.2 Å². The van der Waals surface area contributed by atoms with Gasteiger partial charge in [-0.15, -0.1) is 11.3 Å². The minimum absolute atomic E-state index is 0.0642. The summed E-state index contributed by atoms with van der Waals surface area (Å²) >= 11 is 1.66. The Labute approximate surface area is 188 Å². The first kappa shape index (κ1) is 23.4. The first-order valence-electron chi connectivity index (χ1n) is 11.0. The highest BCUT2D eigenvalue weighted by molar-refractivity contribution is 7.11. The Hall–Kier alpha value is -2.25. The average Bonchev–Trinajstić information content (AvgIpc) is 3.17. The molecule has 7 heteroatoms. The molecule has 1 aromatic heterocycles. The van der Waals surface area contributed by atoms with Crippen LogP contribution in [0.3, 0.4) is 0 Å². The summed E-state index contributed by atoms with van der Waals surface area (Å²) in [6, 6.07) is 10.3. The number of piperidine rings is 1. The molecule has 168 valence electrons. The largest absolute Gasteiger partial charge is 0.332 e. The Kier molecular flexibility index (Phi) is 8.60. The predicted molar refractivity (Wildman–Crippen MR) is 122 cm³/mol. The summed E-state index contributed by atoms with van der Waals surface area (Å²) in [6.07, 6.45) is 3.67. The topological polar surface area (TPSA) is 43.9 Å². The van der Waals surface area contributed by atoms with Crippen LogP contribution in [0.25, 0.3) is 0 Å². The third-order valence-electron chi connectivity index (χ3n) is 5.69. The smallest absolute Gasteiger partial charge is 0.242 e. The fourth-order valence-corrected chi connectivity index (χ4v) is 4.76. The quantitative estimate of drug-likeness (QED) is 0.585. The third kappa shape index (κ3) is 7.43. The van der Waals surface area contributed by atoms with Gasteiger partial charge >= 0.3 is 0 Å². The Balaban J connectivity index is 1.66. The van der Waals surface area contributed by atoms with Gasteiger partial charge in [-0.05, 0) is 62.7 Å². The average molecular weight is 446 g/mol. The zero-order valence-corrected chi connectivity index (χ0v) is 19.3. The molecule has 0 N–H and O–H groups in total. The van der Waals surface area contributed by atoms with Gasteiger partial charge in [-0.1, -0.05) is 18.6 Å². The van der Waals surface area contributed by atoms with E-state index >= 15 is 0 Å². The van der Waals surface area contributed by atoms with Crippen molar-refractivity contribution in [3.63, 3.8) is 0 Å². The van der Waals surface area contributed by atoms with E-state index in [-0.39, 0.29) is 24.2 Å². The van der Waals surface area contributed by atoms with Crippen LogP contribution in [0.2, 0.25) is 0 Å². The molecule has 1 fully saturated rings. The molecule has 31 heavy (non-hydrogen) atoms. The van der Waals surface area contributed by atoms with Crippen molar-refractivity contribution in [1.82, 2.24) is 14.7 Å². The third-order valence-corrected chi connectivity index (χ3v) is 6.67. The second-order valence-corrected chi connectivity index (χ2v) is 9.60. The van der Waals surface area contributed by atoms with Crippen molar-refractivity contribution in [2.75, 3.05) is 32.7 Å². The summed E-state index contributed by atoms with van der Waals surface area (Å²) in [7, 11) is 0. The van der Waals surface area contributed by atoms with Crippen molar-refractivity contribution in [2.45, 2.75) is 46.2 Å². The standard InChI is InChI=1S/C24H32FN3O2S/c1-19-6-11-23(31-19)17-28(16-21-7-9-22(25)10-8-21)24(30)18-27(20(2)29)15-14-26-12-4-3-5-13-26/h6-11H,3-5,12-18H2,1-2H3. The van der Waals surface area contributed by atoms with Gasteiger partial charge in [0.15, 0.2) is 0 Å². The van der Waals surface area contributed by atoms with E-state index in [1.807, 2.05) is 19.1 Å². The highest BCUT2D eigenvalue weighted by Crippen LogP contribution is 2.19. The molecule has 0 unspecified atom stereocenters. The van der Waals surface area contributed by atoms with Gasteiger partial charge in [0.25, 0.3) is 0 Å². The van der Waals surface area contributed by atoms with E-state index in [4.69, 9.17) is 0 Å². The summed E-state index contributed by atoms with van der Waals surface area (Å²) in [6.45, 7) is 7.98. The maximum absolute atomic E-state index is 13.3. The molecular formula is C24H32FN3O2S. The maximum atomic E-state index is 13.3. The van der Waals surface area contributed by atoms with Gasteiger partial charge in [-0.2, -0.15) is 0 Å². The minimum Gasteiger partial charge on any atom is -0.332 e. The molecule has 1 aliphatic rings.